The summed E-state index contributed by atoms with van der Waals surface area (Å²) in [5.74, 6) is 0. The molecule has 1 rings (SSSR count). The van der Waals surface area contributed by atoms with Crippen molar-refractivity contribution in [2.45, 2.75) is 38.9 Å². The monoisotopic (exact) mass is 321 g/mol. The van der Waals surface area contributed by atoms with E-state index in [1.807, 2.05) is 0 Å². The highest BCUT2D eigenvalue weighted by atomic mass is 19.4. The number of alkyl halides is 3. The Morgan fingerprint density at radius 3 is 1.77 bits per heavy atom. The van der Waals surface area contributed by atoms with Crippen LogP contribution in [0, 0.1) is 20.2 Å². The third kappa shape index (κ3) is 3.83. The van der Waals surface area contributed by atoms with E-state index in [2.05, 4.69) is 5.32 Å². The third-order valence-corrected chi connectivity index (χ3v) is 3.15. The first-order valence-corrected chi connectivity index (χ1v) is 6.42. The van der Waals surface area contributed by atoms with Gasteiger partial charge >= 0.3 is 6.18 Å². The van der Waals surface area contributed by atoms with E-state index in [0.717, 1.165) is 0 Å². The SMILES string of the molecule is CCC(CC)Nc1c([N+](=O)[O-])cc(C(F)(F)F)cc1[N+](=O)[O-]. The fourth-order valence-electron chi connectivity index (χ4n) is 1.91. The number of nitrogens with one attached hydrogen (secondary N) is 1. The smallest absolute Gasteiger partial charge is 0.371 e. The van der Waals surface area contributed by atoms with Crippen LogP contribution in [0.1, 0.15) is 32.3 Å². The van der Waals surface area contributed by atoms with Gasteiger partial charge in [0.25, 0.3) is 11.4 Å². The van der Waals surface area contributed by atoms with Crippen molar-refractivity contribution in [1.29, 1.82) is 0 Å². The second kappa shape index (κ2) is 6.58. The Kier molecular flexibility index (Phi) is 5.28. The Hall–Kier alpha value is -2.39. The summed E-state index contributed by atoms with van der Waals surface area (Å²) >= 11 is 0. The zero-order chi connectivity index (χ0) is 17.1. The molecule has 0 saturated heterocycles. The van der Waals surface area contributed by atoms with Gasteiger partial charge in [0.2, 0.25) is 0 Å². The maximum Gasteiger partial charge on any atom is 0.416 e. The Balaban J connectivity index is 3.57. The maximum absolute atomic E-state index is 12.7. The quantitative estimate of drug-likeness (QED) is 0.627. The molecule has 7 nitrogen and oxygen atoms in total. The van der Waals surface area contributed by atoms with Gasteiger partial charge in [0.05, 0.1) is 15.4 Å². The molecular weight excluding hydrogens is 307 g/mol. The first-order valence-electron chi connectivity index (χ1n) is 6.42. The number of halogens is 3. The molecule has 0 aliphatic carbocycles. The van der Waals surface area contributed by atoms with Crippen LogP contribution in [0.4, 0.5) is 30.2 Å². The molecular formula is C12H14F3N3O4. The van der Waals surface area contributed by atoms with Gasteiger partial charge in [-0.05, 0) is 12.8 Å². The van der Waals surface area contributed by atoms with Crippen molar-refractivity contribution in [1.82, 2.24) is 0 Å². The second-order valence-corrected chi connectivity index (χ2v) is 4.56. The van der Waals surface area contributed by atoms with E-state index in [0.29, 0.717) is 25.0 Å². The van der Waals surface area contributed by atoms with Gasteiger partial charge in [-0.2, -0.15) is 13.2 Å². The summed E-state index contributed by atoms with van der Waals surface area (Å²) < 4.78 is 38.2. The number of nitrogens with zero attached hydrogens (tertiary/aromatic N) is 2. The Morgan fingerprint density at radius 2 is 1.50 bits per heavy atom. The van der Waals surface area contributed by atoms with Gasteiger partial charge in [0.1, 0.15) is 0 Å². The molecule has 0 fully saturated rings. The lowest BCUT2D eigenvalue weighted by Crippen LogP contribution is -2.19. The molecule has 10 heteroatoms. The maximum atomic E-state index is 12.7. The van der Waals surface area contributed by atoms with Crippen LogP contribution in [0.15, 0.2) is 12.1 Å². The number of anilines is 1. The standard InChI is InChI=1S/C12H14F3N3O4/c1-3-8(4-2)16-11-9(17(19)20)5-7(12(13,14)15)6-10(11)18(21)22/h5-6,8,16H,3-4H2,1-2H3. The van der Waals surface area contributed by atoms with Crippen LogP contribution >= 0.6 is 0 Å². The van der Waals surface area contributed by atoms with E-state index >= 15 is 0 Å². The minimum atomic E-state index is -4.91. The fraction of sp³-hybridized carbons (Fsp3) is 0.500. The van der Waals surface area contributed by atoms with Gasteiger partial charge in [-0.1, -0.05) is 13.8 Å². The van der Waals surface area contributed by atoms with Gasteiger partial charge in [0, 0.05) is 18.2 Å². The number of hydrogen-bond donors (Lipinski definition) is 1. The molecule has 0 atom stereocenters. The zero-order valence-electron chi connectivity index (χ0n) is 11.8. The average molecular weight is 321 g/mol. The summed E-state index contributed by atoms with van der Waals surface area (Å²) in [6.07, 6.45) is -3.90. The molecule has 0 spiro atoms. The number of nitro benzene ring substituents is 2. The number of hydrogen-bond acceptors (Lipinski definition) is 5. The highest BCUT2D eigenvalue weighted by molar-refractivity contribution is 5.75. The predicted octanol–water partition coefficient (Wildman–Crippen LogP) is 4.12. The van der Waals surface area contributed by atoms with Crippen molar-refractivity contribution >= 4 is 17.1 Å². The van der Waals surface area contributed by atoms with Crippen LogP contribution < -0.4 is 5.32 Å². The molecule has 1 aromatic rings. The Labute approximate surface area is 123 Å². The van der Waals surface area contributed by atoms with E-state index in [1.165, 1.54) is 0 Å². The van der Waals surface area contributed by atoms with Crippen LogP contribution in [0.3, 0.4) is 0 Å². The highest BCUT2D eigenvalue weighted by Gasteiger charge is 2.37. The van der Waals surface area contributed by atoms with Crippen molar-refractivity contribution in [3.63, 3.8) is 0 Å². The lowest BCUT2D eigenvalue weighted by atomic mass is 10.1. The summed E-state index contributed by atoms with van der Waals surface area (Å²) in [6, 6.07) is 0.282. The molecule has 1 aromatic carbocycles. The minimum absolute atomic E-state index is 0.303. The second-order valence-electron chi connectivity index (χ2n) is 4.56. The van der Waals surface area contributed by atoms with Crippen LogP contribution in [-0.2, 0) is 6.18 Å². The first-order chi connectivity index (χ1) is 10.1. The van der Waals surface area contributed by atoms with Crippen molar-refractivity contribution in [2.75, 3.05) is 5.32 Å². The van der Waals surface area contributed by atoms with Crippen molar-refractivity contribution in [3.05, 3.63) is 37.9 Å². The fourth-order valence-corrected chi connectivity index (χ4v) is 1.91. The molecule has 0 radical (unpaired) electrons. The number of rotatable bonds is 6. The van der Waals surface area contributed by atoms with E-state index in [4.69, 9.17) is 0 Å². The summed E-state index contributed by atoms with van der Waals surface area (Å²) in [5, 5.41) is 24.6. The van der Waals surface area contributed by atoms with Crippen LogP contribution in [-0.4, -0.2) is 15.9 Å². The lowest BCUT2D eigenvalue weighted by Gasteiger charge is -2.17. The summed E-state index contributed by atoms with van der Waals surface area (Å²) in [5.41, 5.74) is -3.86. The molecule has 0 aliphatic heterocycles. The van der Waals surface area contributed by atoms with Crippen LogP contribution in [0.25, 0.3) is 0 Å². The van der Waals surface area contributed by atoms with E-state index in [-0.39, 0.29) is 6.04 Å². The molecule has 0 saturated carbocycles. The van der Waals surface area contributed by atoms with Gasteiger partial charge in [-0.3, -0.25) is 20.2 Å². The zero-order valence-corrected chi connectivity index (χ0v) is 11.8. The van der Waals surface area contributed by atoms with Gasteiger partial charge < -0.3 is 5.32 Å². The summed E-state index contributed by atoms with van der Waals surface area (Å²) in [7, 11) is 0. The van der Waals surface area contributed by atoms with Gasteiger partial charge in [-0.25, -0.2) is 0 Å². The highest BCUT2D eigenvalue weighted by Crippen LogP contribution is 2.41. The molecule has 0 amide bonds. The molecule has 22 heavy (non-hydrogen) atoms. The minimum Gasteiger partial charge on any atom is -0.371 e. The first kappa shape index (κ1) is 17.7. The number of nitro groups is 2. The van der Waals surface area contributed by atoms with E-state index < -0.39 is 38.6 Å². The summed E-state index contributed by atoms with van der Waals surface area (Å²) in [6.45, 7) is 3.51. The van der Waals surface area contributed by atoms with Crippen LogP contribution in [0.5, 0.6) is 0 Å². The van der Waals surface area contributed by atoms with Crippen molar-refractivity contribution in [3.8, 4) is 0 Å². The normalized spacial score (nSPS) is 11.5. The van der Waals surface area contributed by atoms with E-state index in [9.17, 15) is 33.4 Å². The molecule has 0 bridgehead atoms. The predicted molar refractivity (Wildman–Crippen MR) is 72.7 cm³/mol. The molecule has 0 heterocycles. The van der Waals surface area contributed by atoms with Crippen molar-refractivity contribution < 1.29 is 23.0 Å². The molecule has 0 aliphatic rings. The molecule has 0 unspecified atom stereocenters. The van der Waals surface area contributed by atoms with E-state index in [1.54, 1.807) is 13.8 Å². The molecule has 122 valence electrons. The molecule has 0 aromatic heterocycles. The average Bonchev–Trinajstić information content (AvgIpc) is 2.42. The lowest BCUT2D eigenvalue weighted by molar-refractivity contribution is -0.392. The summed E-state index contributed by atoms with van der Waals surface area (Å²) in [4.78, 5) is 19.9. The van der Waals surface area contributed by atoms with Gasteiger partial charge in [-0.15, -0.1) is 0 Å². The van der Waals surface area contributed by atoms with Crippen molar-refractivity contribution in [2.24, 2.45) is 0 Å². The Morgan fingerprint density at radius 1 is 1.09 bits per heavy atom. The Bertz CT molecular complexity index is 550. The topological polar surface area (TPSA) is 98.3 Å². The van der Waals surface area contributed by atoms with Gasteiger partial charge in [0.15, 0.2) is 5.69 Å². The number of benzene rings is 1. The third-order valence-electron chi connectivity index (χ3n) is 3.15. The largest absolute Gasteiger partial charge is 0.416 e. The molecule has 1 N–H and O–H groups in total. The van der Waals surface area contributed by atoms with Crippen LogP contribution in [0.2, 0.25) is 0 Å².